The summed E-state index contributed by atoms with van der Waals surface area (Å²) in [5, 5.41) is 0. The molecule has 12 nitrogen and oxygen atoms in total. The van der Waals surface area contributed by atoms with Crippen molar-refractivity contribution >= 4 is 76.5 Å². The van der Waals surface area contributed by atoms with E-state index < -0.39 is 54.5 Å². The average Bonchev–Trinajstić information content (AvgIpc) is 3.49. The molecule has 0 bridgehead atoms. The summed E-state index contributed by atoms with van der Waals surface area (Å²) in [7, 11) is 0. The number of nitrogens with two attached hydrogens (primary N) is 1. The number of thiophene rings is 1. The number of benzene rings is 1. The summed E-state index contributed by atoms with van der Waals surface area (Å²) in [6.45, 7) is 1.87. The monoisotopic (exact) mass is 632 g/mol. The van der Waals surface area contributed by atoms with E-state index in [4.69, 9.17) is 31.5 Å². The topological polar surface area (TPSA) is 149 Å². The molecule has 4 amide bonds. The molecule has 1 aromatic heterocycles. The lowest BCUT2D eigenvalue weighted by atomic mass is 10.1. The molecule has 2 fully saturated rings. The zero-order chi connectivity index (χ0) is 29.2. The number of hydrogen-bond acceptors (Lipinski definition) is 10. The third-order valence-electron chi connectivity index (χ3n) is 5.96. The number of carbonyl (C=O) groups excluding carboxylic acids is 5. The van der Waals surface area contributed by atoms with Gasteiger partial charge < -0.3 is 24.8 Å². The van der Waals surface area contributed by atoms with Crippen molar-refractivity contribution in [3.8, 4) is 0 Å². The summed E-state index contributed by atoms with van der Waals surface area (Å²) in [4.78, 5) is 66.3. The van der Waals surface area contributed by atoms with Crippen molar-refractivity contribution in [2.45, 2.75) is 25.5 Å². The Morgan fingerprint density at radius 3 is 2.56 bits per heavy atom. The molecule has 16 heteroatoms. The van der Waals surface area contributed by atoms with Gasteiger partial charge in [-0.2, -0.15) is 0 Å². The van der Waals surface area contributed by atoms with Gasteiger partial charge in [0.25, 0.3) is 17.7 Å². The second-order valence-electron chi connectivity index (χ2n) is 9.56. The van der Waals surface area contributed by atoms with Gasteiger partial charge in [-0.1, -0.05) is 11.6 Å². The van der Waals surface area contributed by atoms with E-state index in [1.165, 1.54) is 43.0 Å². The average molecular weight is 633 g/mol. The Kier molecular flexibility index (Phi) is 10.3. The number of carbonyl (C=O) groups is 5. The molecule has 0 saturated carbocycles. The highest BCUT2D eigenvalue weighted by Crippen LogP contribution is 2.30. The summed E-state index contributed by atoms with van der Waals surface area (Å²) >= 11 is 6.87. The van der Waals surface area contributed by atoms with Crippen molar-refractivity contribution in [3.05, 3.63) is 45.4 Å². The molecule has 2 saturated heterocycles. The molecule has 3 heterocycles. The third kappa shape index (κ3) is 7.51. The van der Waals surface area contributed by atoms with Crippen molar-refractivity contribution in [3.63, 3.8) is 0 Å². The minimum atomic E-state index is -1.37. The first-order chi connectivity index (χ1) is 18.8. The van der Waals surface area contributed by atoms with Crippen LogP contribution in [0.5, 0.6) is 0 Å². The minimum Gasteiger partial charge on any atom is -0.454 e. The maximum absolute atomic E-state index is 15.1. The number of morpholine rings is 1. The maximum atomic E-state index is 15.1. The smallest absolute Gasteiger partial charge is 0.414 e. The Morgan fingerprint density at radius 1 is 1.22 bits per heavy atom. The Morgan fingerprint density at radius 2 is 1.95 bits per heavy atom. The predicted octanol–water partition coefficient (Wildman–Crippen LogP) is 2.60. The number of cyclic esters (lactones) is 1. The van der Waals surface area contributed by atoms with Crippen molar-refractivity contribution in [1.29, 1.82) is 0 Å². The van der Waals surface area contributed by atoms with Crippen molar-refractivity contribution < 1.29 is 42.6 Å². The maximum Gasteiger partial charge on any atom is 0.414 e. The van der Waals surface area contributed by atoms with Crippen LogP contribution >= 0.6 is 35.3 Å². The van der Waals surface area contributed by atoms with Gasteiger partial charge in [-0.05, 0) is 44.2 Å². The van der Waals surface area contributed by atoms with Crippen molar-refractivity contribution in [2.24, 2.45) is 5.73 Å². The molecule has 2 N–H and O–H groups in total. The van der Waals surface area contributed by atoms with Gasteiger partial charge in [0.2, 0.25) is 0 Å². The second kappa shape index (κ2) is 13.1. The highest BCUT2D eigenvalue weighted by atomic mass is 35.5. The molecule has 0 aliphatic carbocycles. The van der Waals surface area contributed by atoms with Gasteiger partial charge in [0.1, 0.15) is 24.1 Å². The van der Waals surface area contributed by atoms with Gasteiger partial charge in [-0.25, -0.2) is 9.18 Å². The van der Waals surface area contributed by atoms with E-state index in [0.717, 1.165) is 27.2 Å². The van der Waals surface area contributed by atoms with E-state index in [2.05, 4.69) is 0 Å². The van der Waals surface area contributed by atoms with Gasteiger partial charge in [0.05, 0.1) is 34.6 Å². The molecule has 0 spiro atoms. The molecule has 0 radical (unpaired) electrons. The lowest BCUT2D eigenvalue weighted by Crippen LogP contribution is -2.47. The van der Waals surface area contributed by atoms with E-state index in [1.54, 1.807) is 0 Å². The lowest BCUT2D eigenvalue weighted by Gasteiger charge is -2.27. The fourth-order valence-electron chi connectivity index (χ4n) is 3.94. The van der Waals surface area contributed by atoms with Crippen LogP contribution in [-0.2, 0) is 28.6 Å². The first kappa shape index (κ1) is 32.2. The number of esters is 1. The molecular weight excluding hydrogens is 606 g/mol. The SMILES string of the molecule is CC(C)(N)C(=O)OCC(=O)N(C[C@H]1CN(c2ccc(N3CCOCC3=O)cc2F)C(=O)O1)C(=O)c1ccc(Cl)s1.Cl. The zero-order valence-electron chi connectivity index (χ0n) is 22.0. The molecule has 0 unspecified atom stereocenters. The largest absolute Gasteiger partial charge is 0.454 e. The molecule has 4 rings (SSSR count). The van der Waals surface area contributed by atoms with E-state index in [9.17, 15) is 24.0 Å². The zero-order valence-corrected chi connectivity index (χ0v) is 24.4. The van der Waals surface area contributed by atoms with Gasteiger partial charge >= 0.3 is 12.1 Å². The minimum absolute atomic E-state index is 0. The quantitative estimate of drug-likeness (QED) is 0.433. The number of imide groups is 1. The number of ether oxygens (including phenoxy) is 3. The standard InChI is InChI=1S/C25H26ClFN4O8S.ClH/c1-25(2,28)23(35)38-13-21(33)31(22(34)18-5-6-19(26)40-18)11-15-10-30(24(36)39-15)17-4-3-14(9-16(17)27)29-7-8-37-12-20(29)32;/h3-6,9,15H,7-8,10-13,28H2,1-2H3;1H/t15-;/m1./s1. The predicted molar refractivity (Wildman–Crippen MR) is 149 cm³/mol. The number of amides is 4. The Hall–Kier alpha value is -3.30. The van der Waals surface area contributed by atoms with Gasteiger partial charge in [0.15, 0.2) is 6.61 Å². The molecular formula is C25H27Cl2FN4O8S. The number of anilines is 2. The summed E-state index contributed by atoms with van der Waals surface area (Å²) < 4.78 is 30.8. The highest BCUT2D eigenvalue weighted by Gasteiger charge is 2.38. The molecule has 2 aliphatic heterocycles. The van der Waals surface area contributed by atoms with E-state index in [1.807, 2.05) is 0 Å². The molecule has 1 aromatic carbocycles. The van der Waals surface area contributed by atoms with Crippen LogP contribution in [-0.4, -0.2) is 85.8 Å². The summed E-state index contributed by atoms with van der Waals surface area (Å²) in [5.74, 6) is -3.58. The summed E-state index contributed by atoms with van der Waals surface area (Å²) in [6.07, 6.45) is -1.92. The number of rotatable bonds is 8. The fraction of sp³-hybridized carbons (Fsp3) is 0.400. The van der Waals surface area contributed by atoms with E-state index in [-0.39, 0.29) is 48.6 Å². The van der Waals surface area contributed by atoms with Crippen LogP contribution in [0, 0.1) is 5.82 Å². The molecule has 2 aromatic rings. The first-order valence-corrected chi connectivity index (χ1v) is 13.3. The van der Waals surface area contributed by atoms with Crippen LogP contribution in [0.4, 0.5) is 20.6 Å². The number of hydrogen-bond donors (Lipinski definition) is 1. The summed E-state index contributed by atoms with van der Waals surface area (Å²) in [5.41, 5.74) is 4.52. The number of nitrogens with zero attached hydrogens (tertiary/aromatic N) is 3. The molecule has 41 heavy (non-hydrogen) atoms. The van der Waals surface area contributed by atoms with Gasteiger partial charge in [-0.15, -0.1) is 23.7 Å². The van der Waals surface area contributed by atoms with Crippen LogP contribution in [0.25, 0.3) is 0 Å². The van der Waals surface area contributed by atoms with Gasteiger partial charge in [0, 0.05) is 12.2 Å². The first-order valence-electron chi connectivity index (χ1n) is 12.1. The molecule has 222 valence electrons. The Bertz CT molecular complexity index is 1350. The van der Waals surface area contributed by atoms with Crippen LogP contribution in [0.15, 0.2) is 30.3 Å². The Labute approximate surface area is 249 Å². The Balaban J connectivity index is 0.00000462. The molecule has 1 atom stereocenters. The normalized spacial score (nSPS) is 17.1. The van der Waals surface area contributed by atoms with Crippen molar-refractivity contribution in [1.82, 2.24) is 4.90 Å². The lowest BCUT2D eigenvalue weighted by molar-refractivity contribution is -0.155. The molecule has 2 aliphatic rings. The van der Waals surface area contributed by atoms with Crippen LogP contribution in [0.1, 0.15) is 23.5 Å². The number of halogens is 3. The van der Waals surface area contributed by atoms with Crippen LogP contribution in [0.3, 0.4) is 0 Å². The van der Waals surface area contributed by atoms with Crippen LogP contribution in [0.2, 0.25) is 4.34 Å². The van der Waals surface area contributed by atoms with Crippen LogP contribution < -0.4 is 15.5 Å². The fourth-order valence-corrected chi connectivity index (χ4v) is 4.93. The van der Waals surface area contributed by atoms with E-state index >= 15 is 4.39 Å². The van der Waals surface area contributed by atoms with E-state index in [0.29, 0.717) is 16.6 Å². The third-order valence-corrected chi connectivity index (χ3v) is 7.18. The highest BCUT2D eigenvalue weighted by molar-refractivity contribution is 7.18. The van der Waals surface area contributed by atoms with Gasteiger partial charge in [-0.3, -0.25) is 29.0 Å². The second-order valence-corrected chi connectivity index (χ2v) is 11.3. The van der Waals surface area contributed by atoms with Crippen molar-refractivity contribution in [2.75, 3.05) is 49.3 Å². The summed E-state index contributed by atoms with van der Waals surface area (Å²) in [6, 6.07) is 6.87.